The van der Waals surface area contributed by atoms with Gasteiger partial charge in [-0.05, 0) is 30.9 Å². The molecular weight excluding hydrogens is 240 g/mol. The Bertz CT molecular complexity index is 418. The lowest BCUT2D eigenvalue weighted by Crippen LogP contribution is -2.39. The minimum absolute atomic E-state index is 0.0951. The first-order chi connectivity index (χ1) is 9.20. The lowest BCUT2D eigenvalue weighted by molar-refractivity contribution is 0.0916. The maximum atomic E-state index is 12.1. The van der Waals surface area contributed by atoms with Gasteiger partial charge in [0.05, 0.1) is 11.9 Å². The van der Waals surface area contributed by atoms with Crippen molar-refractivity contribution in [3.63, 3.8) is 0 Å². The van der Waals surface area contributed by atoms with Crippen molar-refractivity contribution in [3.05, 3.63) is 24.0 Å². The predicted molar refractivity (Wildman–Crippen MR) is 75.6 cm³/mol. The van der Waals surface area contributed by atoms with Crippen LogP contribution in [-0.2, 0) is 0 Å². The fourth-order valence-corrected chi connectivity index (χ4v) is 2.56. The van der Waals surface area contributed by atoms with E-state index in [0.29, 0.717) is 17.3 Å². The number of pyridine rings is 1. The zero-order valence-electron chi connectivity index (χ0n) is 11.4. The van der Waals surface area contributed by atoms with Gasteiger partial charge in [-0.15, -0.1) is 0 Å². The third kappa shape index (κ3) is 3.67. The quantitative estimate of drug-likeness (QED) is 0.442. The zero-order chi connectivity index (χ0) is 13.7. The van der Waals surface area contributed by atoms with Gasteiger partial charge in [-0.25, -0.2) is 4.98 Å². The molecule has 1 amide bonds. The van der Waals surface area contributed by atoms with E-state index in [-0.39, 0.29) is 11.9 Å². The van der Waals surface area contributed by atoms with Crippen LogP contribution in [0.5, 0.6) is 0 Å². The normalized spacial score (nSPS) is 23.5. The molecular formula is C14H22N4O. The van der Waals surface area contributed by atoms with Crippen molar-refractivity contribution in [3.8, 4) is 0 Å². The molecule has 1 fully saturated rings. The highest BCUT2D eigenvalue weighted by atomic mass is 16.1. The molecule has 1 heterocycles. The Morgan fingerprint density at radius 1 is 1.32 bits per heavy atom. The van der Waals surface area contributed by atoms with Gasteiger partial charge in [0.2, 0.25) is 0 Å². The number of nitrogen functional groups attached to an aromatic ring is 1. The molecule has 2 rings (SSSR count). The summed E-state index contributed by atoms with van der Waals surface area (Å²) < 4.78 is 0. The SMILES string of the molecule is CC1CCCCCC1NC(=O)c1ccc(NN)cn1. The first-order valence-corrected chi connectivity index (χ1v) is 6.94. The monoisotopic (exact) mass is 262 g/mol. The molecule has 0 saturated heterocycles. The van der Waals surface area contributed by atoms with Crippen molar-refractivity contribution in [1.29, 1.82) is 0 Å². The van der Waals surface area contributed by atoms with E-state index in [1.165, 1.54) is 25.7 Å². The molecule has 0 aliphatic heterocycles. The second-order valence-corrected chi connectivity index (χ2v) is 5.27. The predicted octanol–water partition coefficient (Wildman–Crippen LogP) is 2.07. The van der Waals surface area contributed by atoms with Crippen LogP contribution in [-0.4, -0.2) is 16.9 Å². The summed E-state index contributed by atoms with van der Waals surface area (Å²) in [7, 11) is 0. The van der Waals surface area contributed by atoms with Gasteiger partial charge >= 0.3 is 0 Å². The van der Waals surface area contributed by atoms with Crippen LogP contribution in [0, 0.1) is 5.92 Å². The van der Waals surface area contributed by atoms with Crippen molar-refractivity contribution < 1.29 is 4.79 Å². The Hall–Kier alpha value is -1.62. The summed E-state index contributed by atoms with van der Waals surface area (Å²) in [6.45, 7) is 2.21. The Kier molecular flexibility index (Phi) is 4.74. The Morgan fingerprint density at radius 2 is 2.11 bits per heavy atom. The van der Waals surface area contributed by atoms with Crippen LogP contribution < -0.4 is 16.6 Å². The molecule has 2 atom stereocenters. The number of rotatable bonds is 3. The zero-order valence-corrected chi connectivity index (χ0v) is 11.4. The number of anilines is 1. The van der Waals surface area contributed by atoms with E-state index in [9.17, 15) is 4.79 Å². The van der Waals surface area contributed by atoms with E-state index in [1.54, 1.807) is 18.3 Å². The number of nitrogens with two attached hydrogens (primary N) is 1. The molecule has 1 aliphatic rings. The van der Waals surface area contributed by atoms with E-state index >= 15 is 0 Å². The van der Waals surface area contributed by atoms with E-state index in [0.717, 1.165) is 6.42 Å². The number of nitrogens with zero attached hydrogens (tertiary/aromatic N) is 1. The molecule has 0 aromatic carbocycles. The summed E-state index contributed by atoms with van der Waals surface area (Å²) in [4.78, 5) is 16.3. The smallest absolute Gasteiger partial charge is 0.270 e. The van der Waals surface area contributed by atoms with Crippen molar-refractivity contribution in [1.82, 2.24) is 10.3 Å². The maximum absolute atomic E-state index is 12.1. The topological polar surface area (TPSA) is 80.0 Å². The third-order valence-corrected chi connectivity index (χ3v) is 3.84. The van der Waals surface area contributed by atoms with E-state index in [4.69, 9.17) is 5.84 Å². The molecule has 5 nitrogen and oxygen atoms in total. The summed E-state index contributed by atoms with van der Waals surface area (Å²) >= 11 is 0. The minimum atomic E-state index is -0.0951. The molecule has 19 heavy (non-hydrogen) atoms. The number of carbonyl (C=O) groups excluding carboxylic acids is 1. The van der Waals surface area contributed by atoms with Crippen molar-refractivity contribution >= 4 is 11.6 Å². The number of aromatic nitrogens is 1. The average molecular weight is 262 g/mol. The maximum Gasteiger partial charge on any atom is 0.270 e. The molecule has 0 bridgehead atoms. The van der Waals surface area contributed by atoms with Crippen molar-refractivity contribution in [2.24, 2.45) is 11.8 Å². The number of amides is 1. The highest BCUT2D eigenvalue weighted by molar-refractivity contribution is 5.92. The van der Waals surface area contributed by atoms with Crippen LogP contribution in [0.4, 0.5) is 5.69 Å². The number of carbonyl (C=O) groups is 1. The summed E-state index contributed by atoms with van der Waals surface area (Å²) in [6.07, 6.45) is 7.54. The van der Waals surface area contributed by atoms with Crippen LogP contribution >= 0.6 is 0 Å². The van der Waals surface area contributed by atoms with Crippen LogP contribution in [0.2, 0.25) is 0 Å². The first-order valence-electron chi connectivity index (χ1n) is 6.94. The largest absolute Gasteiger partial charge is 0.348 e. The fraction of sp³-hybridized carbons (Fsp3) is 0.571. The second kappa shape index (κ2) is 6.52. The van der Waals surface area contributed by atoms with Gasteiger partial charge in [0.15, 0.2) is 0 Å². The molecule has 4 N–H and O–H groups in total. The summed E-state index contributed by atoms with van der Waals surface area (Å²) in [5.41, 5.74) is 3.63. The average Bonchev–Trinajstić information content (AvgIpc) is 2.64. The fourth-order valence-electron chi connectivity index (χ4n) is 2.56. The highest BCUT2D eigenvalue weighted by Gasteiger charge is 2.22. The first kappa shape index (κ1) is 13.8. The summed E-state index contributed by atoms with van der Waals surface area (Å²) in [6, 6.07) is 3.70. The Morgan fingerprint density at radius 3 is 2.79 bits per heavy atom. The second-order valence-electron chi connectivity index (χ2n) is 5.27. The van der Waals surface area contributed by atoms with Crippen LogP contribution in [0.25, 0.3) is 0 Å². The minimum Gasteiger partial charge on any atom is -0.348 e. The van der Waals surface area contributed by atoms with E-state index < -0.39 is 0 Å². The molecule has 2 unspecified atom stereocenters. The number of hydrogen-bond donors (Lipinski definition) is 3. The Labute approximate surface area is 114 Å². The van der Waals surface area contributed by atoms with Gasteiger partial charge < -0.3 is 10.7 Å². The van der Waals surface area contributed by atoms with Crippen LogP contribution in [0.1, 0.15) is 49.5 Å². The van der Waals surface area contributed by atoms with Crippen molar-refractivity contribution in [2.75, 3.05) is 5.43 Å². The van der Waals surface area contributed by atoms with Crippen LogP contribution in [0.15, 0.2) is 18.3 Å². The molecule has 104 valence electrons. The van der Waals surface area contributed by atoms with Gasteiger partial charge in [0, 0.05) is 6.04 Å². The highest BCUT2D eigenvalue weighted by Crippen LogP contribution is 2.23. The van der Waals surface area contributed by atoms with E-state index in [2.05, 4.69) is 22.7 Å². The lowest BCUT2D eigenvalue weighted by Gasteiger charge is -2.22. The molecule has 0 spiro atoms. The Balaban J connectivity index is 1.98. The standard InChI is InChI=1S/C14H22N4O/c1-10-5-3-2-4-6-12(10)17-14(19)13-8-7-11(18-15)9-16-13/h7-10,12,18H,2-6,15H2,1H3,(H,17,19). The number of nitrogens with one attached hydrogen (secondary N) is 2. The molecule has 1 aromatic rings. The molecule has 1 saturated carbocycles. The van der Waals surface area contributed by atoms with Crippen molar-refractivity contribution in [2.45, 2.75) is 45.1 Å². The molecule has 1 aromatic heterocycles. The number of hydrazine groups is 1. The summed E-state index contributed by atoms with van der Waals surface area (Å²) in [5.74, 6) is 5.71. The van der Waals surface area contributed by atoms with Gasteiger partial charge in [-0.3, -0.25) is 10.6 Å². The van der Waals surface area contributed by atoms with Gasteiger partial charge in [-0.1, -0.05) is 26.2 Å². The molecule has 0 radical (unpaired) electrons. The molecule has 5 heteroatoms. The number of hydrogen-bond acceptors (Lipinski definition) is 4. The van der Waals surface area contributed by atoms with Gasteiger partial charge in [0.25, 0.3) is 5.91 Å². The van der Waals surface area contributed by atoms with Gasteiger partial charge in [0.1, 0.15) is 5.69 Å². The lowest BCUT2D eigenvalue weighted by atomic mass is 9.97. The molecule has 1 aliphatic carbocycles. The van der Waals surface area contributed by atoms with E-state index in [1.807, 2.05) is 0 Å². The van der Waals surface area contributed by atoms with Gasteiger partial charge in [-0.2, -0.15) is 0 Å². The third-order valence-electron chi connectivity index (χ3n) is 3.84. The van der Waals surface area contributed by atoms with Crippen LogP contribution in [0.3, 0.4) is 0 Å². The summed E-state index contributed by atoms with van der Waals surface area (Å²) in [5, 5.41) is 3.11.